The van der Waals surface area contributed by atoms with Crippen molar-refractivity contribution in [3.63, 3.8) is 0 Å². The van der Waals surface area contributed by atoms with Gasteiger partial charge in [0, 0.05) is 35.1 Å². The van der Waals surface area contributed by atoms with E-state index in [1.807, 2.05) is 36.2 Å². The van der Waals surface area contributed by atoms with E-state index in [-0.39, 0.29) is 28.6 Å². The van der Waals surface area contributed by atoms with Crippen LogP contribution in [0.5, 0.6) is 0 Å². The first-order valence-electron chi connectivity index (χ1n) is 11.8. The molecule has 1 aromatic rings. The normalized spacial score (nSPS) is 41.4. The largest absolute Gasteiger partial charge is 0.338 e. The van der Waals surface area contributed by atoms with Crippen LogP contribution < -0.4 is 5.32 Å². The molecule has 5 heteroatoms. The minimum Gasteiger partial charge on any atom is -0.338 e. The van der Waals surface area contributed by atoms with E-state index in [1.54, 1.807) is 6.08 Å². The van der Waals surface area contributed by atoms with Crippen LogP contribution >= 0.6 is 11.6 Å². The fourth-order valence-corrected chi connectivity index (χ4v) is 8.15. The van der Waals surface area contributed by atoms with Crippen LogP contribution in [0.15, 0.2) is 36.4 Å². The van der Waals surface area contributed by atoms with E-state index in [4.69, 9.17) is 11.6 Å². The molecule has 2 amide bonds. The molecule has 7 atom stereocenters. The number of fused-ring (bicyclic) bond motifs is 5. The number of nitrogens with one attached hydrogen (secondary N) is 1. The lowest BCUT2D eigenvalue weighted by Crippen LogP contribution is -2.59. The molecule has 0 radical (unpaired) electrons. The van der Waals surface area contributed by atoms with Gasteiger partial charge in [-0.05, 0) is 86.0 Å². The summed E-state index contributed by atoms with van der Waals surface area (Å²) in [6.07, 6.45) is 10.6. The van der Waals surface area contributed by atoms with Gasteiger partial charge >= 0.3 is 0 Å². The molecule has 1 N–H and O–H groups in total. The highest BCUT2D eigenvalue weighted by Gasteiger charge is 2.61. The Morgan fingerprint density at radius 1 is 1.13 bits per heavy atom. The van der Waals surface area contributed by atoms with Crippen molar-refractivity contribution in [2.45, 2.75) is 58.4 Å². The molecule has 1 aromatic carbocycles. The molecule has 1 aliphatic heterocycles. The number of hydrogen-bond donors (Lipinski definition) is 1. The van der Waals surface area contributed by atoms with E-state index in [9.17, 15) is 9.59 Å². The van der Waals surface area contributed by atoms with Crippen molar-refractivity contribution in [1.82, 2.24) is 4.90 Å². The van der Waals surface area contributed by atoms with Crippen molar-refractivity contribution in [2.75, 3.05) is 12.4 Å². The van der Waals surface area contributed by atoms with Crippen molar-refractivity contribution in [3.8, 4) is 0 Å². The first-order valence-corrected chi connectivity index (χ1v) is 12.1. The number of carbonyl (C=O) groups is 2. The molecule has 0 spiro atoms. The summed E-state index contributed by atoms with van der Waals surface area (Å²) in [6.45, 7) is 4.73. The Labute approximate surface area is 190 Å². The van der Waals surface area contributed by atoms with E-state index < -0.39 is 0 Å². The Balaban J connectivity index is 1.38. The standard InChI is InChI=1S/C26H33ClN2O2/c1-25-13-11-20-18(7-10-22-26(20,2)14-12-23(30)29(22)3)19(25)8-9-21(25)24(31)28-17-6-4-5-16(27)15-17/h4-6,12,14-15,18-22H,7-11,13H2,1-3H3,(H,28,31)/t18-,19-,20-,21+,22+,25-,26+/m0/s1. The van der Waals surface area contributed by atoms with Crippen molar-refractivity contribution in [1.29, 1.82) is 0 Å². The van der Waals surface area contributed by atoms with Crippen LogP contribution in [0.3, 0.4) is 0 Å². The fraction of sp³-hybridized carbons (Fsp3) is 0.615. The van der Waals surface area contributed by atoms with Crippen LogP contribution in [-0.2, 0) is 9.59 Å². The third kappa shape index (κ3) is 3.16. The third-order valence-electron chi connectivity index (χ3n) is 9.54. The van der Waals surface area contributed by atoms with E-state index in [0.29, 0.717) is 28.8 Å². The Bertz CT molecular complexity index is 945. The Hall–Kier alpha value is -1.81. The maximum absolute atomic E-state index is 13.3. The molecule has 4 aliphatic rings. The molecule has 3 fully saturated rings. The maximum Gasteiger partial charge on any atom is 0.246 e. The molecule has 5 rings (SSSR count). The molecule has 31 heavy (non-hydrogen) atoms. The molecule has 166 valence electrons. The first kappa shape index (κ1) is 21.1. The second-order valence-corrected chi connectivity index (χ2v) is 11.2. The number of carbonyl (C=O) groups excluding carboxylic acids is 2. The average molecular weight is 441 g/mol. The number of amides is 2. The van der Waals surface area contributed by atoms with Gasteiger partial charge in [0.25, 0.3) is 0 Å². The van der Waals surface area contributed by atoms with Gasteiger partial charge in [0.05, 0.1) is 0 Å². The monoisotopic (exact) mass is 440 g/mol. The molecule has 0 bridgehead atoms. The van der Waals surface area contributed by atoms with Crippen molar-refractivity contribution < 1.29 is 9.59 Å². The van der Waals surface area contributed by atoms with Crippen LogP contribution in [0.25, 0.3) is 0 Å². The molecular formula is C26H33ClN2O2. The summed E-state index contributed by atoms with van der Waals surface area (Å²) in [6, 6.07) is 7.73. The summed E-state index contributed by atoms with van der Waals surface area (Å²) in [5.74, 6) is 2.14. The average Bonchev–Trinajstić information content (AvgIpc) is 3.08. The number of anilines is 1. The molecule has 3 aliphatic carbocycles. The zero-order valence-corrected chi connectivity index (χ0v) is 19.5. The highest BCUT2D eigenvalue weighted by molar-refractivity contribution is 6.30. The van der Waals surface area contributed by atoms with Gasteiger partial charge in [-0.25, -0.2) is 0 Å². The minimum atomic E-state index is 0.0487. The van der Waals surface area contributed by atoms with Crippen molar-refractivity contribution in [3.05, 3.63) is 41.4 Å². The number of likely N-dealkylation sites (N-methyl/N-ethyl adjacent to an activating group) is 1. The van der Waals surface area contributed by atoms with Gasteiger partial charge in [-0.15, -0.1) is 0 Å². The Morgan fingerprint density at radius 2 is 1.94 bits per heavy atom. The van der Waals surface area contributed by atoms with E-state index in [1.165, 1.54) is 6.42 Å². The second kappa shape index (κ2) is 7.37. The Kier molecular flexibility index (Phi) is 5.00. The Morgan fingerprint density at radius 3 is 2.71 bits per heavy atom. The maximum atomic E-state index is 13.3. The van der Waals surface area contributed by atoms with Gasteiger partial charge in [-0.1, -0.05) is 37.6 Å². The van der Waals surface area contributed by atoms with E-state index in [2.05, 4.69) is 25.2 Å². The fourth-order valence-electron chi connectivity index (χ4n) is 7.96. The number of halogens is 1. The number of hydrogen-bond acceptors (Lipinski definition) is 2. The highest BCUT2D eigenvalue weighted by Crippen LogP contribution is 2.65. The van der Waals surface area contributed by atoms with Crippen molar-refractivity contribution >= 4 is 29.1 Å². The summed E-state index contributed by atoms with van der Waals surface area (Å²) in [7, 11) is 1.97. The van der Waals surface area contributed by atoms with Crippen LogP contribution in [0.1, 0.15) is 52.4 Å². The van der Waals surface area contributed by atoms with Gasteiger partial charge in [-0.3, -0.25) is 9.59 Å². The van der Waals surface area contributed by atoms with Crippen LogP contribution in [0.4, 0.5) is 5.69 Å². The summed E-state index contributed by atoms with van der Waals surface area (Å²) < 4.78 is 0. The molecule has 0 saturated heterocycles. The van der Waals surface area contributed by atoms with Gasteiger partial charge in [0.2, 0.25) is 11.8 Å². The summed E-state index contributed by atoms with van der Waals surface area (Å²) in [5.41, 5.74) is 0.882. The summed E-state index contributed by atoms with van der Waals surface area (Å²) in [4.78, 5) is 27.5. The SMILES string of the molecule is CN1C(=O)C=C[C@]2(C)[C@H]3CC[C@]4(C)[C@@H](C(=O)Nc5cccc(Cl)c5)CC[C@H]4[C@@H]3CC[C@@H]12. The van der Waals surface area contributed by atoms with E-state index >= 15 is 0 Å². The zero-order chi connectivity index (χ0) is 22.0. The number of rotatable bonds is 2. The lowest BCUT2D eigenvalue weighted by Gasteiger charge is -2.60. The molecule has 4 nitrogen and oxygen atoms in total. The minimum absolute atomic E-state index is 0.0487. The molecule has 0 unspecified atom stereocenters. The van der Waals surface area contributed by atoms with Gasteiger partial charge in [0.15, 0.2) is 0 Å². The molecule has 0 aromatic heterocycles. The third-order valence-corrected chi connectivity index (χ3v) is 9.77. The summed E-state index contributed by atoms with van der Waals surface area (Å²) in [5, 5.41) is 3.78. The van der Waals surface area contributed by atoms with Gasteiger partial charge in [-0.2, -0.15) is 0 Å². The molecule has 3 saturated carbocycles. The lowest BCUT2D eigenvalue weighted by atomic mass is 9.47. The first-order chi connectivity index (χ1) is 14.7. The summed E-state index contributed by atoms with van der Waals surface area (Å²) >= 11 is 6.11. The number of nitrogens with zero attached hydrogens (tertiary/aromatic N) is 1. The lowest BCUT2D eigenvalue weighted by molar-refractivity contribution is -0.141. The van der Waals surface area contributed by atoms with E-state index in [0.717, 1.165) is 37.8 Å². The predicted octanol–water partition coefficient (Wildman–Crippen LogP) is 5.53. The van der Waals surface area contributed by atoms with Gasteiger partial charge < -0.3 is 10.2 Å². The molecule has 1 heterocycles. The smallest absolute Gasteiger partial charge is 0.246 e. The quantitative estimate of drug-likeness (QED) is 0.656. The highest BCUT2D eigenvalue weighted by atomic mass is 35.5. The topological polar surface area (TPSA) is 49.4 Å². The van der Waals surface area contributed by atoms with Crippen LogP contribution in [0, 0.1) is 34.5 Å². The van der Waals surface area contributed by atoms with Gasteiger partial charge in [0.1, 0.15) is 0 Å². The zero-order valence-electron chi connectivity index (χ0n) is 18.7. The van der Waals surface area contributed by atoms with Crippen molar-refractivity contribution in [2.24, 2.45) is 34.5 Å². The van der Waals surface area contributed by atoms with Crippen LogP contribution in [-0.4, -0.2) is 29.8 Å². The number of benzene rings is 1. The molecular weight excluding hydrogens is 408 g/mol. The second-order valence-electron chi connectivity index (χ2n) is 10.8. The van der Waals surface area contributed by atoms with Crippen LogP contribution in [0.2, 0.25) is 5.02 Å². The predicted molar refractivity (Wildman–Crippen MR) is 124 cm³/mol.